The van der Waals surface area contributed by atoms with Gasteiger partial charge in [0, 0.05) is 25.1 Å². The number of likely N-dealkylation sites (tertiary alicyclic amines) is 1. The van der Waals surface area contributed by atoms with Gasteiger partial charge in [-0.3, -0.25) is 4.79 Å². The molecule has 0 bridgehead atoms. The van der Waals surface area contributed by atoms with Crippen molar-refractivity contribution in [2.45, 2.75) is 39.2 Å². The molecular formula is C18H27N3O3. The molecule has 6 heteroatoms. The second-order valence-corrected chi connectivity index (χ2v) is 6.52. The van der Waals surface area contributed by atoms with E-state index in [0.717, 1.165) is 29.7 Å². The molecule has 0 aliphatic carbocycles. The van der Waals surface area contributed by atoms with Crippen LogP contribution in [-0.4, -0.2) is 37.0 Å². The normalized spacial score (nSPS) is 16.5. The Bertz CT molecular complexity index is 595. The number of carbonyl (C=O) groups is 2. The van der Waals surface area contributed by atoms with Crippen LogP contribution in [-0.2, 0) is 4.79 Å². The zero-order valence-electron chi connectivity index (χ0n) is 14.7. The van der Waals surface area contributed by atoms with Gasteiger partial charge in [-0.15, -0.1) is 0 Å². The van der Waals surface area contributed by atoms with Crippen molar-refractivity contribution in [2.24, 2.45) is 11.7 Å². The molecule has 1 atom stereocenters. The van der Waals surface area contributed by atoms with Crippen LogP contribution in [0.5, 0.6) is 5.75 Å². The van der Waals surface area contributed by atoms with Crippen LogP contribution in [0.25, 0.3) is 0 Å². The van der Waals surface area contributed by atoms with Gasteiger partial charge in [0.2, 0.25) is 5.91 Å². The number of ether oxygens (including phenoxy) is 1. The first-order chi connectivity index (χ1) is 11.4. The minimum atomic E-state index is -0.266. The van der Waals surface area contributed by atoms with Crippen LogP contribution in [0, 0.1) is 12.8 Å². The molecule has 1 aliphatic heterocycles. The smallest absolute Gasteiger partial charge is 0.317 e. The Hall–Kier alpha value is -2.24. The Morgan fingerprint density at radius 1 is 1.38 bits per heavy atom. The number of nitrogens with one attached hydrogen (secondary N) is 1. The Labute approximate surface area is 143 Å². The van der Waals surface area contributed by atoms with Crippen LogP contribution < -0.4 is 15.8 Å². The lowest BCUT2D eigenvalue weighted by molar-refractivity contribution is -0.119. The Morgan fingerprint density at radius 2 is 2.04 bits per heavy atom. The highest BCUT2D eigenvalue weighted by molar-refractivity contribution is 5.75. The molecule has 132 valence electrons. The molecule has 1 aromatic rings. The molecule has 1 heterocycles. The minimum Gasteiger partial charge on any atom is -0.496 e. The average molecular weight is 333 g/mol. The van der Waals surface area contributed by atoms with Crippen molar-refractivity contribution < 1.29 is 14.3 Å². The van der Waals surface area contributed by atoms with E-state index >= 15 is 0 Å². The van der Waals surface area contributed by atoms with Gasteiger partial charge in [-0.1, -0.05) is 17.7 Å². The number of hydrogen-bond donors (Lipinski definition) is 2. The van der Waals surface area contributed by atoms with Gasteiger partial charge in [0.05, 0.1) is 13.2 Å². The van der Waals surface area contributed by atoms with Crippen LogP contribution in [0.15, 0.2) is 18.2 Å². The highest BCUT2D eigenvalue weighted by atomic mass is 16.5. The summed E-state index contributed by atoms with van der Waals surface area (Å²) in [5.41, 5.74) is 7.34. The maximum atomic E-state index is 12.5. The first-order valence-electron chi connectivity index (χ1n) is 8.39. The number of aryl methyl sites for hydroxylation is 1. The van der Waals surface area contributed by atoms with Crippen LogP contribution in [0.2, 0.25) is 0 Å². The van der Waals surface area contributed by atoms with E-state index in [9.17, 15) is 9.59 Å². The number of primary amides is 1. The van der Waals surface area contributed by atoms with Gasteiger partial charge in [-0.2, -0.15) is 0 Å². The summed E-state index contributed by atoms with van der Waals surface area (Å²) in [5.74, 6) is 0.799. The molecule has 24 heavy (non-hydrogen) atoms. The van der Waals surface area contributed by atoms with Gasteiger partial charge in [-0.05, 0) is 38.7 Å². The number of nitrogens with two attached hydrogens (primary N) is 1. The predicted octanol–water partition coefficient (Wildman–Crippen LogP) is 2.36. The molecule has 3 amide bonds. The predicted molar refractivity (Wildman–Crippen MR) is 92.8 cm³/mol. The highest BCUT2D eigenvalue weighted by Gasteiger charge is 2.25. The third-order valence-electron chi connectivity index (χ3n) is 4.58. The molecule has 0 aromatic heterocycles. The number of methoxy groups -OCH3 is 1. The summed E-state index contributed by atoms with van der Waals surface area (Å²) in [4.78, 5) is 25.3. The van der Waals surface area contributed by atoms with Crippen LogP contribution in [0.4, 0.5) is 4.79 Å². The van der Waals surface area contributed by atoms with E-state index in [0.29, 0.717) is 25.4 Å². The fourth-order valence-corrected chi connectivity index (χ4v) is 3.17. The Kier molecular flexibility index (Phi) is 6.06. The summed E-state index contributed by atoms with van der Waals surface area (Å²) in [6.45, 7) is 5.28. The molecule has 1 fully saturated rings. The van der Waals surface area contributed by atoms with E-state index in [4.69, 9.17) is 10.5 Å². The maximum absolute atomic E-state index is 12.5. The number of nitrogens with zero attached hydrogens (tertiary/aromatic N) is 1. The molecule has 2 rings (SSSR count). The molecule has 1 saturated heterocycles. The highest BCUT2D eigenvalue weighted by Crippen LogP contribution is 2.27. The van der Waals surface area contributed by atoms with Gasteiger partial charge >= 0.3 is 6.03 Å². The third kappa shape index (κ3) is 4.63. The molecule has 0 saturated carbocycles. The van der Waals surface area contributed by atoms with Gasteiger partial charge < -0.3 is 20.7 Å². The fraction of sp³-hybridized carbons (Fsp3) is 0.556. The summed E-state index contributed by atoms with van der Waals surface area (Å²) in [5, 5.41) is 3.04. The standard InChI is InChI=1S/C18H27N3O3/c1-12-4-5-16(24-3)15(10-12)13(2)20-18(23)21-8-6-14(7-9-21)11-17(19)22/h4-5,10,13-14H,6-9,11H2,1-3H3,(H2,19,22)(H,20,23). The van der Waals surface area contributed by atoms with Crippen LogP contribution in [0.3, 0.4) is 0 Å². The number of urea groups is 1. The van der Waals surface area contributed by atoms with E-state index in [1.807, 2.05) is 32.0 Å². The van der Waals surface area contributed by atoms with E-state index in [1.165, 1.54) is 0 Å². The summed E-state index contributed by atoms with van der Waals surface area (Å²) in [6.07, 6.45) is 2.05. The van der Waals surface area contributed by atoms with Crippen molar-refractivity contribution in [2.75, 3.05) is 20.2 Å². The zero-order valence-corrected chi connectivity index (χ0v) is 14.7. The number of hydrogen-bond acceptors (Lipinski definition) is 3. The number of benzene rings is 1. The SMILES string of the molecule is COc1ccc(C)cc1C(C)NC(=O)N1CCC(CC(N)=O)CC1. The molecule has 3 N–H and O–H groups in total. The van der Waals surface area contributed by atoms with E-state index in [-0.39, 0.29) is 18.0 Å². The van der Waals surface area contributed by atoms with E-state index < -0.39 is 0 Å². The number of amides is 3. The van der Waals surface area contributed by atoms with Crippen molar-refractivity contribution in [3.63, 3.8) is 0 Å². The quantitative estimate of drug-likeness (QED) is 0.867. The Morgan fingerprint density at radius 3 is 2.62 bits per heavy atom. The molecule has 1 aromatic carbocycles. The summed E-state index contributed by atoms with van der Waals surface area (Å²) < 4.78 is 5.39. The molecular weight excluding hydrogens is 306 g/mol. The second kappa shape index (κ2) is 8.04. The van der Waals surface area contributed by atoms with E-state index in [2.05, 4.69) is 5.32 Å². The van der Waals surface area contributed by atoms with Crippen molar-refractivity contribution in [3.8, 4) is 5.75 Å². The summed E-state index contributed by atoms with van der Waals surface area (Å²) in [7, 11) is 1.63. The molecule has 1 aliphatic rings. The molecule has 0 spiro atoms. The summed E-state index contributed by atoms with van der Waals surface area (Å²) in [6, 6.07) is 5.71. The van der Waals surface area contributed by atoms with Crippen molar-refractivity contribution in [3.05, 3.63) is 29.3 Å². The van der Waals surface area contributed by atoms with Crippen molar-refractivity contribution in [1.82, 2.24) is 10.2 Å². The maximum Gasteiger partial charge on any atom is 0.317 e. The van der Waals surface area contributed by atoms with Gasteiger partial charge in [0.25, 0.3) is 0 Å². The average Bonchev–Trinajstić information content (AvgIpc) is 2.54. The second-order valence-electron chi connectivity index (χ2n) is 6.52. The monoisotopic (exact) mass is 333 g/mol. The zero-order chi connectivity index (χ0) is 17.7. The van der Waals surface area contributed by atoms with Gasteiger partial charge in [0.15, 0.2) is 0 Å². The van der Waals surface area contributed by atoms with Crippen LogP contribution in [0.1, 0.15) is 43.4 Å². The largest absolute Gasteiger partial charge is 0.496 e. The number of piperidine rings is 1. The first kappa shape index (κ1) is 18.1. The molecule has 1 unspecified atom stereocenters. The minimum absolute atomic E-state index is 0.0800. The lowest BCUT2D eigenvalue weighted by Gasteiger charge is -2.32. The van der Waals surface area contributed by atoms with Gasteiger partial charge in [-0.25, -0.2) is 4.79 Å². The van der Waals surface area contributed by atoms with Crippen LogP contribution >= 0.6 is 0 Å². The summed E-state index contributed by atoms with van der Waals surface area (Å²) >= 11 is 0. The lowest BCUT2D eigenvalue weighted by Crippen LogP contribution is -2.45. The number of carbonyl (C=O) groups excluding carboxylic acids is 2. The van der Waals surface area contributed by atoms with Crippen molar-refractivity contribution in [1.29, 1.82) is 0 Å². The third-order valence-corrected chi connectivity index (χ3v) is 4.58. The molecule has 6 nitrogen and oxygen atoms in total. The topological polar surface area (TPSA) is 84.7 Å². The fourth-order valence-electron chi connectivity index (χ4n) is 3.17. The number of rotatable bonds is 5. The Balaban J connectivity index is 1.93. The molecule has 0 radical (unpaired) electrons. The first-order valence-corrected chi connectivity index (χ1v) is 8.39. The lowest BCUT2D eigenvalue weighted by atomic mass is 9.93. The van der Waals surface area contributed by atoms with E-state index in [1.54, 1.807) is 12.0 Å². The van der Waals surface area contributed by atoms with Crippen molar-refractivity contribution >= 4 is 11.9 Å². The van der Waals surface area contributed by atoms with Gasteiger partial charge in [0.1, 0.15) is 5.75 Å².